The first-order chi connectivity index (χ1) is 12.6. The molecular formula is C21H20N2O3. The molecule has 0 fully saturated rings. The van der Waals surface area contributed by atoms with Crippen LogP contribution in [0.4, 0.5) is 5.69 Å². The van der Waals surface area contributed by atoms with E-state index in [1.807, 2.05) is 63.2 Å². The van der Waals surface area contributed by atoms with Crippen LogP contribution in [0.2, 0.25) is 0 Å². The second kappa shape index (κ2) is 6.33. The Morgan fingerprint density at radius 3 is 2.77 bits per heavy atom. The summed E-state index contributed by atoms with van der Waals surface area (Å²) in [5.74, 6) is 1.20. The molecule has 1 aliphatic heterocycles. The smallest absolute Gasteiger partial charge is 0.280 e. The van der Waals surface area contributed by atoms with Gasteiger partial charge >= 0.3 is 0 Å². The summed E-state index contributed by atoms with van der Waals surface area (Å²) in [6, 6.07) is 13.7. The molecule has 0 N–H and O–H groups in total. The van der Waals surface area contributed by atoms with Gasteiger partial charge in [0.2, 0.25) is 0 Å². The summed E-state index contributed by atoms with van der Waals surface area (Å²) in [6.07, 6.45) is 0. The van der Waals surface area contributed by atoms with Crippen LogP contribution in [0, 0.1) is 13.8 Å². The molecule has 0 bridgehead atoms. The van der Waals surface area contributed by atoms with Crippen molar-refractivity contribution < 1.29 is 14.1 Å². The minimum Gasteiger partial charge on any atom is -0.488 e. The normalized spacial score (nSPS) is 12.1. The van der Waals surface area contributed by atoms with E-state index in [0.29, 0.717) is 23.6 Å². The first-order valence-electron chi connectivity index (χ1n) is 8.70. The van der Waals surface area contributed by atoms with E-state index in [1.54, 1.807) is 4.90 Å². The molecule has 0 atom stereocenters. The van der Waals surface area contributed by atoms with Crippen molar-refractivity contribution in [2.24, 2.45) is 0 Å². The van der Waals surface area contributed by atoms with Gasteiger partial charge in [0.25, 0.3) is 5.91 Å². The third-order valence-corrected chi connectivity index (χ3v) is 4.71. The van der Waals surface area contributed by atoms with Crippen molar-refractivity contribution in [3.8, 4) is 17.1 Å². The summed E-state index contributed by atoms with van der Waals surface area (Å²) >= 11 is 0. The Morgan fingerprint density at radius 2 is 2.00 bits per heavy atom. The van der Waals surface area contributed by atoms with E-state index in [0.717, 1.165) is 28.1 Å². The van der Waals surface area contributed by atoms with Crippen molar-refractivity contribution >= 4 is 11.6 Å². The van der Waals surface area contributed by atoms with Gasteiger partial charge in [0.15, 0.2) is 11.5 Å². The first-order valence-corrected chi connectivity index (χ1v) is 8.70. The van der Waals surface area contributed by atoms with Gasteiger partial charge in [-0.3, -0.25) is 4.79 Å². The molecule has 0 unspecified atom stereocenters. The minimum atomic E-state index is -0.175. The van der Waals surface area contributed by atoms with Crippen LogP contribution in [0.25, 0.3) is 11.3 Å². The average molecular weight is 348 g/mol. The van der Waals surface area contributed by atoms with Crippen molar-refractivity contribution in [3.63, 3.8) is 0 Å². The molecule has 0 spiro atoms. The van der Waals surface area contributed by atoms with E-state index in [1.165, 1.54) is 0 Å². The van der Waals surface area contributed by atoms with Crippen molar-refractivity contribution in [1.82, 2.24) is 5.16 Å². The second-order valence-electron chi connectivity index (χ2n) is 6.46. The molecule has 0 radical (unpaired) electrons. The molecule has 5 nitrogen and oxygen atoms in total. The van der Waals surface area contributed by atoms with E-state index in [2.05, 4.69) is 5.16 Å². The lowest BCUT2D eigenvalue weighted by atomic mass is 10.0. The van der Waals surface area contributed by atoms with Crippen LogP contribution in [0.5, 0.6) is 5.75 Å². The predicted molar refractivity (Wildman–Crippen MR) is 99.5 cm³/mol. The van der Waals surface area contributed by atoms with Gasteiger partial charge < -0.3 is 14.2 Å². The molecule has 132 valence electrons. The van der Waals surface area contributed by atoms with Crippen molar-refractivity contribution in [2.45, 2.75) is 27.4 Å². The van der Waals surface area contributed by atoms with Crippen molar-refractivity contribution in [3.05, 3.63) is 64.8 Å². The van der Waals surface area contributed by atoms with Crippen LogP contribution in [-0.4, -0.2) is 17.6 Å². The quantitative estimate of drug-likeness (QED) is 0.698. The third-order valence-electron chi connectivity index (χ3n) is 4.71. The van der Waals surface area contributed by atoms with Crippen molar-refractivity contribution in [2.75, 3.05) is 11.4 Å². The molecule has 2 aromatic carbocycles. The second-order valence-corrected chi connectivity index (χ2v) is 6.46. The first kappa shape index (κ1) is 16.4. The zero-order valence-corrected chi connectivity index (χ0v) is 15.1. The Hall–Kier alpha value is -3.08. The van der Waals surface area contributed by atoms with Crippen LogP contribution < -0.4 is 9.64 Å². The summed E-state index contributed by atoms with van der Waals surface area (Å²) in [4.78, 5) is 14.9. The molecule has 1 aliphatic rings. The number of carbonyl (C=O) groups excluding carboxylic acids is 1. The molecule has 1 amide bonds. The van der Waals surface area contributed by atoms with Gasteiger partial charge in [-0.2, -0.15) is 0 Å². The number of ether oxygens (including phenoxy) is 1. The number of amides is 1. The number of aryl methyl sites for hydroxylation is 2. The molecule has 26 heavy (non-hydrogen) atoms. The average Bonchev–Trinajstić information content (AvgIpc) is 3.08. The highest BCUT2D eigenvalue weighted by Gasteiger charge is 2.31. The fourth-order valence-corrected chi connectivity index (χ4v) is 3.34. The Labute approximate surface area is 152 Å². The summed E-state index contributed by atoms with van der Waals surface area (Å²) in [7, 11) is 0. The zero-order valence-electron chi connectivity index (χ0n) is 15.1. The molecule has 1 aromatic heterocycles. The van der Waals surface area contributed by atoms with Crippen LogP contribution in [0.3, 0.4) is 0 Å². The van der Waals surface area contributed by atoms with Gasteiger partial charge in [-0.25, -0.2) is 0 Å². The molecule has 0 saturated carbocycles. The number of rotatable bonds is 3. The van der Waals surface area contributed by atoms with Crippen LogP contribution in [0.1, 0.15) is 34.1 Å². The molecule has 3 aromatic rings. The molecule has 4 rings (SSSR count). The third kappa shape index (κ3) is 2.56. The van der Waals surface area contributed by atoms with Crippen LogP contribution in [0.15, 0.2) is 47.0 Å². The lowest BCUT2D eigenvalue weighted by molar-refractivity contribution is 0.0977. The Morgan fingerprint density at radius 1 is 1.19 bits per heavy atom. The maximum absolute atomic E-state index is 13.2. The van der Waals surface area contributed by atoms with Gasteiger partial charge in [-0.1, -0.05) is 35.0 Å². The largest absolute Gasteiger partial charge is 0.488 e. The van der Waals surface area contributed by atoms with Gasteiger partial charge in [0.05, 0.1) is 11.1 Å². The van der Waals surface area contributed by atoms with Gasteiger partial charge in [0, 0.05) is 12.2 Å². The van der Waals surface area contributed by atoms with Crippen LogP contribution >= 0.6 is 0 Å². The maximum atomic E-state index is 13.2. The lowest BCUT2D eigenvalue weighted by Gasteiger charge is -2.23. The predicted octanol–water partition coefficient (Wildman–Crippen LogP) is 4.52. The number of para-hydroxylation sites is 1. The minimum absolute atomic E-state index is 0.175. The highest BCUT2D eigenvalue weighted by atomic mass is 16.5. The molecule has 0 aliphatic carbocycles. The van der Waals surface area contributed by atoms with E-state index < -0.39 is 0 Å². The van der Waals surface area contributed by atoms with Crippen LogP contribution in [-0.2, 0) is 6.61 Å². The standard InChI is InChI=1S/C21H20N2O3/c1-4-23(17-8-6-5-7-14(17)3)21(24)19-16-12-25-18-10-9-13(2)11-15(18)20(16)26-22-19/h5-11H,4,12H2,1-3H3. The number of carbonyl (C=O) groups is 1. The van der Waals surface area contributed by atoms with Gasteiger partial charge in [0.1, 0.15) is 12.4 Å². The number of hydrogen-bond acceptors (Lipinski definition) is 4. The topological polar surface area (TPSA) is 55.6 Å². The number of anilines is 1. The van der Waals surface area contributed by atoms with E-state index in [-0.39, 0.29) is 12.5 Å². The maximum Gasteiger partial charge on any atom is 0.280 e. The lowest BCUT2D eigenvalue weighted by Crippen LogP contribution is -2.32. The number of aromatic nitrogens is 1. The molecular weight excluding hydrogens is 328 g/mol. The molecule has 2 heterocycles. The van der Waals surface area contributed by atoms with Crippen molar-refractivity contribution in [1.29, 1.82) is 0 Å². The summed E-state index contributed by atoms with van der Waals surface area (Å²) < 4.78 is 11.4. The number of benzene rings is 2. The number of hydrogen-bond donors (Lipinski definition) is 0. The van der Waals surface area contributed by atoms with E-state index in [4.69, 9.17) is 9.26 Å². The van der Waals surface area contributed by atoms with Gasteiger partial charge in [-0.15, -0.1) is 0 Å². The number of nitrogens with zero attached hydrogens (tertiary/aromatic N) is 2. The van der Waals surface area contributed by atoms with Gasteiger partial charge in [-0.05, 0) is 44.5 Å². The highest BCUT2D eigenvalue weighted by molar-refractivity contribution is 6.07. The Balaban J connectivity index is 1.76. The Kier molecular flexibility index (Phi) is 3.99. The fraction of sp³-hybridized carbons (Fsp3) is 0.238. The molecule has 0 saturated heterocycles. The Bertz CT molecular complexity index is 991. The zero-order chi connectivity index (χ0) is 18.3. The highest BCUT2D eigenvalue weighted by Crippen LogP contribution is 2.39. The summed E-state index contributed by atoms with van der Waals surface area (Å²) in [5, 5.41) is 4.10. The monoisotopic (exact) mass is 348 g/mol. The molecule has 5 heteroatoms. The van der Waals surface area contributed by atoms with E-state index >= 15 is 0 Å². The fourth-order valence-electron chi connectivity index (χ4n) is 3.34. The SMILES string of the molecule is CCN(C(=O)c1noc2c1COc1ccc(C)cc1-2)c1ccccc1C. The summed E-state index contributed by atoms with van der Waals surface area (Å²) in [6.45, 7) is 6.77. The number of fused-ring (bicyclic) bond motifs is 3. The van der Waals surface area contributed by atoms with E-state index in [9.17, 15) is 4.79 Å². The summed E-state index contributed by atoms with van der Waals surface area (Å²) in [5.41, 5.74) is 4.88.